The third kappa shape index (κ3) is 4.79. The van der Waals surface area contributed by atoms with Crippen LogP contribution in [0.15, 0.2) is 42.5 Å². The Labute approximate surface area is 149 Å². The maximum atomic E-state index is 12.0. The fourth-order valence-electron chi connectivity index (χ4n) is 2.20. The van der Waals surface area contributed by atoms with Gasteiger partial charge in [-0.2, -0.15) is 0 Å². The highest BCUT2D eigenvalue weighted by Gasteiger charge is 2.11. The van der Waals surface area contributed by atoms with E-state index in [9.17, 15) is 19.7 Å². The summed E-state index contributed by atoms with van der Waals surface area (Å²) in [5.74, 6) is 0.417. The van der Waals surface area contributed by atoms with Gasteiger partial charge in [0.15, 0.2) is 5.78 Å². The molecule has 0 spiro atoms. The maximum Gasteiger partial charge on any atom is 0.269 e. The Hall–Kier alpha value is -3.42. The van der Waals surface area contributed by atoms with Gasteiger partial charge in [0.25, 0.3) is 11.6 Å². The average molecular weight is 358 g/mol. The quantitative estimate of drug-likeness (QED) is 0.336. The van der Waals surface area contributed by atoms with Crippen LogP contribution in [0.2, 0.25) is 0 Å². The summed E-state index contributed by atoms with van der Waals surface area (Å²) < 4.78 is 10.7. The third-order valence-electron chi connectivity index (χ3n) is 3.55. The fraction of sp³-hybridized carbons (Fsp3) is 0.222. The molecule has 0 saturated heterocycles. The first-order chi connectivity index (χ1) is 12.4. The van der Waals surface area contributed by atoms with E-state index in [1.54, 1.807) is 18.2 Å². The second-order valence-electron chi connectivity index (χ2n) is 5.33. The Bertz CT molecular complexity index is 817. The van der Waals surface area contributed by atoms with Gasteiger partial charge in [0, 0.05) is 23.8 Å². The zero-order valence-electron chi connectivity index (χ0n) is 14.4. The lowest BCUT2D eigenvalue weighted by atomic mass is 10.1. The number of amides is 1. The molecule has 2 rings (SSSR count). The molecular weight excluding hydrogens is 340 g/mol. The SMILES string of the molecule is COc1ccc(C(C)=O)c(OCCNC(=O)c2ccc([N+](=O)[O-])cc2)c1. The van der Waals surface area contributed by atoms with Gasteiger partial charge in [-0.1, -0.05) is 0 Å². The van der Waals surface area contributed by atoms with Crippen LogP contribution in [0, 0.1) is 10.1 Å². The van der Waals surface area contributed by atoms with Gasteiger partial charge in [0.2, 0.25) is 0 Å². The normalized spacial score (nSPS) is 10.1. The predicted octanol–water partition coefficient (Wildman–Crippen LogP) is 2.61. The molecule has 0 heterocycles. The van der Waals surface area contributed by atoms with Crippen LogP contribution in [0.4, 0.5) is 5.69 Å². The van der Waals surface area contributed by atoms with E-state index in [-0.39, 0.29) is 30.5 Å². The maximum absolute atomic E-state index is 12.0. The monoisotopic (exact) mass is 358 g/mol. The van der Waals surface area contributed by atoms with Crippen molar-refractivity contribution in [2.45, 2.75) is 6.92 Å². The van der Waals surface area contributed by atoms with Crippen LogP contribution in [0.1, 0.15) is 27.6 Å². The third-order valence-corrected chi connectivity index (χ3v) is 3.55. The van der Waals surface area contributed by atoms with Gasteiger partial charge in [-0.05, 0) is 31.2 Å². The number of carbonyl (C=O) groups is 2. The molecule has 0 radical (unpaired) electrons. The average Bonchev–Trinajstić information content (AvgIpc) is 2.64. The van der Waals surface area contributed by atoms with Crippen LogP contribution in [-0.2, 0) is 0 Å². The minimum Gasteiger partial charge on any atom is -0.497 e. The number of carbonyl (C=O) groups excluding carboxylic acids is 2. The Kier molecular flexibility index (Phi) is 6.26. The van der Waals surface area contributed by atoms with Crippen LogP contribution in [0.25, 0.3) is 0 Å². The number of nitro benzene ring substituents is 1. The minimum atomic E-state index is -0.531. The van der Waals surface area contributed by atoms with E-state index in [1.807, 2.05) is 0 Å². The van der Waals surface area contributed by atoms with Crippen LogP contribution in [-0.4, -0.2) is 36.9 Å². The molecule has 0 fully saturated rings. The molecule has 0 aromatic heterocycles. The van der Waals surface area contributed by atoms with Gasteiger partial charge < -0.3 is 14.8 Å². The van der Waals surface area contributed by atoms with Crippen LogP contribution in [0.5, 0.6) is 11.5 Å². The van der Waals surface area contributed by atoms with Gasteiger partial charge in [-0.25, -0.2) is 0 Å². The van der Waals surface area contributed by atoms with Gasteiger partial charge >= 0.3 is 0 Å². The number of Topliss-reactive ketones (excluding diaryl/α,β-unsaturated/α-hetero) is 1. The number of rotatable bonds is 8. The summed E-state index contributed by atoms with van der Waals surface area (Å²) in [7, 11) is 1.51. The highest BCUT2D eigenvalue weighted by atomic mass is 16.6. The second kappa shape index (κ2) is 8.61. The zero-order chi connectivity index (χ0) is 19.1. The van der Waals surface area contributed by atoms with E-state index in [1.165, 1.54) is 38.3 Å². The van der Waals surface area contributed by atoms with E-state index >= 15 is 0 Å². The Morgan fingerprint density at radius 3 is 2.42 bits per heavy atom. The highest BCUT2D eigenvalue weighted by molar-refractivity contribution is 5.97. The molecule has 0 unspecified atom stereocenters. The number of hydrogen-bond donors (Lipinski definition) is 1. The van der Waals surface area contributed by atoms with Crippen molar-refractivity contribution in [3.63, 3.8) is 0 Å². The van der Waals surface area contributed by atoms with E-state index in [0.29, 0.717) is 22.6 Å². The Morgan fingerprint density at radius 1 is 1.15 bits per heavy atom. The number of methoxy groups -OCH3 is 1. The van der Waals surface area contributed by atoms with Crippen LogP contribution >= 0.6 is 0 Å². The van der Waals surface area contributed by atoms with Crippen molar-refractivity contribution in [1.82, 2.24) is 5.32 Å². The Balaban J connectivity index is 1.91. The van der Waals surface area contributed by atoms with E-state index in [0.717, 1.165) is 0 Å². The van der Waals surface area contributed by atoms with E-state index < -0.39 is 4.92 Å². The number of ketones is 1. The molecule has 8 heteroatoms. The van der Waals surface area contributed by atoms with Crippen molar-refractivity contribution in [3.05, 3.63) is 63.7 Å². The molecule has 0 aliphatic carbocycles. The zero-order valence-corrected chi connectivity index (χ0v) is 14.4. The summed E-state index contributed by atoms with van der Waals surface area (Å²) in [5.41, 5.74) is 0.647. The summed E-state index contributed by atoms with van der Waals surface area (Å²) >= 11 is 0. The van der Waals surface area contributed by atoms with Gasteiger partial charge in [-0.3, -0.25) is 19.7 Å². The molecule has 26 heavy (non-hydrogen) atoms. The molecule has 8 nitrogen and oxygen atoms in total. The molecule has 0 aliphatic rings. The highest BCUT2D eigenvalue weighted by Crippen LogP contribution is 2.25. The lowest BCUT2D eigenvalue weighted by Gasteiger charge is -2.12. The number of nitrogens with zero attached hydrogens (tertiary/aromatic N) is 1. The topological polar surface area (TPSA) is 108 Å². The first-order valence-electron chi connectivity index (χ1n) is 7.77. The van der Waals surface area contributed by atoms with Gasteiger partial charge in [0.05, 0.1) is 24.1 Å². The number of nitrogens with one attached hydrogen (secondary N) is 1. The molecule has 0 atom stereocenters. The summed E-state index contributed by atoms with van der Waals surface area (Å²) in [6, 6.07) is 10.2. The lowest BCUT2D eigenvalue weighted by molar-refractivity contribution is -0.384. The smallest absolute Gasteiger partial charge is 0.269 e. The molecule has 0 aliphatic heterocycles. The molecular formula is C18H18N2O6. The summed E-state index contributed by atoms with van der Waals surface area (Å²) in [6.07, 6.45) is 0. The lowest BCUT2D eigenvalue weighted by Crippen LogP contribution is -2.28. The minimum absolute atomic E-state index is 0.0836. The first-order valence-corrected chi connectivity index (χ1v) is 7.77. The number of hydrogen-bond acceptors (Lipinski definition) is 6. The second-order valence-corrected chi connectivity index (χ2v) is 5.33. The van der Waals surface area contributed by atoms with Crippen molar-refractivity contribution in [3.8, 4) is 11.5 Å². The summed E-state index contributed by atoms with van der Waals surface area (Å²) in [5, 5.41) is 13.2. The number of nitro groups is 1. The molecule has 1 N–H and O–H groups in total. The first kappa shape index (κ1) is 18.9. The summed E-state index contributed by atoms with van der Waals surface area (Å²) in [4.78, 5) is 33.7. The van der Waals surface area contributed by atoms with Crippen molar-refractivity contribution >= 4 is 17.4 Å². The van der Waals surface area contributed by atoms with Crippen molar-refractivity contribution in [2.24, 2.45) is 0 Å². The molecule has 1 amide bonds. The Morgan fingerprint density at radius 2 is 1.85 bits per heavy atom. The van der Waals surface area contributed by atoms with Crippen LogP contribution in [0.3, 0.4) is 0 Å². The number of ether oxygens (including phenoxy) is 2. The van der Waals surface area contributed by atoms with E-state index in [2.05, 4.69) is 5.32 Å². The fourth-order valence-corrected chi connectivity index (χ4v) is 2.20. The van der Waals surface area contributed by atoms with E-state index in [4.69, 9.17) is 9.47 Å². The predicted molar refractivity (Wildman–Crippen MR) is 93.9 cm³/mol. The van der Waals surface area contributed by atoms with Crippen molar-refractivity contribution < 1.29 is 24.0 Å². The number of benzene rings is 2. The van der Waals surface area contributed by atoms with Gasteiger partial charge in [-0.15, -0.1) is 0 Å². The standard InChI is InChI=1S/C18H18N2O6/c1-12(21)16-8-7-15(25-2)11-17(16)26-10-9-19-18(22)13-3-5-14(6-4-13)20(23)24/h3-8,11H,9-10H2,1-2H3,(H,19,22). The van der Waals surface area contributed by atoms with Crippen molar-refractivity contribution in [1.29, 1.82) is 0 Å². The number of non-ortho nitro benzene ring substituents is 1. The van der Waals surface area contributed by atoms with Gasteiger partial charge in [0.1, 0.15) is 18.1 Å². The molecule has 2 aromatic rings. The molecule has 0 bridgehead atoms. The van der Waals surface area contributed by atoms with Crippen LogP contribution < -0.4 is 14.8 Å². The van der Waals surface area contributed by atoms with Crippen molar-refractivity contribution in [2.75, 3.05) is 20.3 Å². The molecule has 0 saturated carbocycles. The molecule has 2 aromatic carbocycles. The largest absolute Gasteiger partial charge is 0.497 e. The molecule has 136 valence electrons. The summed E-state index contributed by atoms with van der Waals surface area (Å²) in [6.45, 7) is 1.78.